The Morgan fingerprint density at radius 1 is 0.659 bits per heavy atom. The van der Waals surface area contributed by atoms with Crippen molar-refractivity contribution in [3.05, 3.63) is 107 Å². The van der Waals surface area contributed by atoms with Crippen LogP contribution in [-0.2, 0) is 27.6 Å². The molecule has 2 aliphatic carbocycles. The molecule has 8 aromatic heterocycles. The van der Waals surface area contributed by atoms with Gasteiger partial charge in [-0.05, 0) is 138 Å². The molecular formula is C56H67F4N14O8PS2. The fourth-order valence-corrected chi connectivity index (χ4v) is 13.2. The largest absolute Gasteiger partial charge is 0.477 e. The van der Waals surface area contributed by atoms with Crippen LogP contribution in [-0.4, -0.2) is 108 Å². The van der Waals surface area contributed by atoms with Crippen molar-refractivity contribution < 1.29 is 54.8 Å². The summed E-state index contributed by atoms with van der Waals surface area (Å²) in [6.07, 6.45) is 15.9. The van der Waals surface area contributed by atoms with Gasteiger partial charge < -0.3 is 20.1 Å². The van der Waals surface area contributed by atoms with Crippen LogP contribution in [0, 0.1) is 23.5 Å². The van der Waals surface area contributed by atoms with E-state index in [9.17, 15) is 31.7 Å². The highest BCUT2D eigenvalue weighted by atomic mass is 32.1. The number of hydrogen-bond acceptors (Lipinski definition) is 18. The van der Waals surface area contributed by atoms with Crippen LogP contribution in [0.3, 0.4) is 0 Å². The number of nitrogens with zero attached hydrogens (tertiary/aromatic N) is 11. The smallest absolute Gasteiger partial charge is 0.379 e. The van der Waals surface area contributed by atoms with Crippen LogP contribution in [0.2, 0.25) is 0 Å². The van der Waals surface area contributed by atoms with Crippen molar-refractivity contribution in [2.75, 3.05) is 23.8 Å². The number of hydrogen-bond donors (Lipinski definition) is 3. The van der Waals surface area contributed by atoms with Crippen molar-refractivity contribution in [1.29, 1.82) is 0 Å². The molecule has 2 fully saturated rings. The zero-order chi connectivity index (χ0) is 60.8. The zero-order valence-electron chi connectivity index (χ0n) is 48.3. The van der Waals surface area contributed by atoms with Crippen LogP contribution in [0.1, 0.15) is 153 Å². The van der Waals surface area contributed by atoms with E-state index in [2.05, 4.69) is 56.1 Å². The average Bonchev–Trinajstić information content (AvgIpc) is 3.10. The minimum absolute atomic E-state index is 0.0103. The number of rotatable bonds is 19. The maximum atomic E-state index is 14.9. The van der Waals surface area contributed by atoms with Gasteiger partial charge in [0, 0.05) is 59.9 Å². The maximum absolute atomic E-state index is 14.9. The number of anilines is 2. The lowest BCUT2D eigenvalue weighted by atomic mass is 9.93. The summed E-state index contributed by atoms with van der Waals surface area (Å²) in [5.74, 6) is -4.29. The molecule has 2 saturated carbocycles. The molecule has 0 aliphatic heterocycles. The van der Waals surface area contributed by atoms with Gasteiger partial charge in [-0.1, -0.05) is 0 Å². The van der Waals surface area contributed by atoms with Crippen LogP contribution in [0.4, 0.5) is 28.9 Å². The van der Waals surface area contributed by atoms with E-state index in [1.165, 1.54) is 27.4 Å². The first-order valence-corrected chi connectivity index (χ1v) is 31.0. The number of thiazole rings is 2. The topological polar surface area (TPSA) is 255 Å². The second-order valence-corrected chi connectivity index (χ2v) is 25.4. The van der Waals surface area contributed by atoms with E-state index < -0.39 is 60.6 Å². The number of aromatic amines is 1. The molecule has 2 aliphatic rings. The number of H-pyrrole nitrogens is 1. The van der Waals surface area contributed by atoms with Crippen molar-refractivity contribution in [3.63, 3.8) is 0 Å². The zero-order valence-corrected chi connectivity index (χ0v) is 50.9. The number of phosphoric acid groups is 1. The molecule has 8 aromatic rings. The van der Waals surface area contributed by atoms with Gasteiger partial charge >= 0.3 is 7.82 Å². The summed E-state index contributed by atoms with van der Waals surface area (Å²) in [4.78, 5) is 42.8. The predicted octanol–water partition coefficient (Wildman–Crippen LogP) is 13.4. The van der Waals surface area contributed by atoms with Crippen LogP contribution in [0.25, 0.3) is 43.9 Å². The summed E-state index contributed by atoms with van der Waals surface area (Å²) in [5, 5.41) is 29.9. The number of ether oxygens (including phenoxy) is 2. The number of pyridine rings is 2. The van der Waals surface area contributed by atoms with Gasteiger partial charge in [-0.2, -0.15) is 29.2 Å². The first kappa shape index (κ1) is 62.6. The Morgan fingerprint density at radius 2 is 1.12 bits per heavy atom. The number of carbonyl (C=O) groups excluding carboxylic acids is 2. The van der Waals surface area contributed by atoms with Gasteiger partial charge in [0.1, 0.15) is 44.2 Å². The number of phosphoric ester groups is 1. The van der Waals surface area contributed by atoms with E-state index in [4.69, 9.17) is 23.0 Å². The molecule has 0 aromatic carbocycles. The summed E-state index contributed by atoms with van der Waals surface area (Å²) < 4.78 is 105. The SMILES string of the molecule is CCOC1CCC(n2cc(NC(=O)c3csc(-c4cn[nH]c4)n3)c(-c3nc(F)ccc3F)n2)CC1.CCOC1CCC(n2cc(NC(=O)c3csc(-c4cnn(C(C)OP(=O)(OC(C)(C)C)OC(C)(C)C)c4)n3)c(-c3nc(F)ccc3F)n2)CC1. The molecule has 10 rings (SSSR count). The minimum Gasteiger partial charge on any atom is -0.379 e. The summed E-state index contributed by atoms with van der Waals surface area (Å²) >= 11 is 2.50. The molecule has 0 radical (unpaired) electrons. The second kappa shape index (κ2) is 26.8. The molecular weight excluding hydrogens is 1170 g/mol. The lowest BCUT2D eigenvalue weighted by Crippen LogP contribution is -2.25. The first-order chi connectivity index (χ1) is 40.4. The Bertz CT molecular complexity index is 3600. The molecule has 0 spiro atoms. The van der Waals surface area contributed by atoms with Crippen molar-refractivity contribution in [1.82, 2.24) is 59.5 Å². The molecule has 29 heteroatoms. The molecule has 8 heterocycles. The number of amides is 2. The minimum atomic E-state index is -4.02. The molecule has 0 bridgehead atoms. The third-order valence-corrected chi connectivity index (χ3v) is 17.3. The van der Waals surface area contributed by atoms with E-state index in [0.717, 1.165) is 81.2 Å². The Kier molecular flexibility index (Phi) is 19.7. The normalized spacial score (nSPS) is 18.0. The van der Waals surface area contributed by atoms with Gasteiger partial charge in [0.2, 0.25) is 11.9 Å². The van der Waals surface area contributed by atoms with Gasteiger partial charge in [0.15, 0.2) is 17.9 Å². The van der Waals surface area contributed by atoms with Gasteiger partial charge in [-0.25, -0.2) is 38.0 Å². The summed E-state index contributed by atoms with van der Waals surface area (Å²) in [6, 6.07) is 3.85. The van der Waals surface area contributed by atoms with Gasteiger partial charge in [-0.15, -0.1) is 22.7 Å². The third-order valence-electron chi connectivity index (χ3n) is 13.4. The van der Waals surface area contributed by atoms with Crippen molar-refractivity contribution >= 4 is 53.7 Å². The maximum Gasteiger partial charge on any atom is 0.477 e. The molecule has 1 unspecified atom stereocenters. The third kappa shape index (κ3) is 16.1. The highest BCUT2D eigenvalue weighted by Crippen LogP contribution is 2.57. The highest BCUT2D eigenvalue weighted by molar-refractivity contribution is 7.48. The van der Waals surface area contributed by atoms with E-state index in [1.807, 2.05) is 13.8 Å². The van der Waals surface area contributed by atoms with E-state index in [-0.39, 0.29) is 69.8 Å². The van der Waals surface area contributed by atoms with E-state index in [1.54, 1.807) is 106 Å². The van der Waals surface area contributed by atoms with Crippen LogP contribution in [0.5, 0.6) is 0 Å². The predicted molar refractivity (Wildman–Crippen MR) is 311 cm³/mol. The number of aromatic nitrogens is 12. The van der Waals surface area contributed by atoms with E-state index in [0.29, 0.717) is 28.8 Å². The molecule has 3 N–H and O–H groups in total. The van der Waals surface area contributed by atoms with Gasteiger partial charge in [0.25, 0.3) is 11.8 Å². The molecule has 0 saturated heterocycles. The lowest BCUT2D eigenvalue weighted by Gasteiger charge is -2.32. The van der Waals surface area contributed by atoms with Gasteiger partial charge in [-0.3, -0.25) is 37.6 Å². The quantitative estimate of drug-likeness (QED) is 0.0386. The summed E-state index contributed by atoms with van der Waals surface area (Å²) in [5.41, 5.74) is -0.0914. The second-order valence-electron chi connectivity index (χ2n) is 22.2. The van der Waals surface area contributed by atoms with Crippen molar-refractivity contribution in [2.45, 2.75) is 155 Å². The number of halogens is 4. The summed E-state index contributed by atoms with van der Waals surface area (Å²) in [6.45, 7) is 17.4. The highest BCUT2D eigenvalue weighted by Gasteiger charge is 2.39. The Labute approximate surface area is 496 Å². The lowest BCUT2D eigenvalue weighted by molar-refractivity contribution is -0.0230. The van der Waals surface area contributed by atoms with Crippen molar-refractivity contribution in [2.24, 2.45) is 0 Å². The number of carbonyl (C=O) groups is 2. The molecule has 1 atom stereocenters. The fourth-order valence-electron chi connectivity index (χ4n) is 9.66. The molecule has 454 valence electrons. The van der Waals surface area contributed by atoms with E-state index >= 15 is 0 Å². The monoisotopic (exact) mass is 1230 g/mol. The first-order valence-electron chi connectivity index (χ1n) is 27.8. The Hall–Kier alpha value is -6.91. The Morgan fingerprint density at radius 3 is 1.54 bits per heavy atom. The van der Waals surface area contributed by atoms with Crippen LogP contribution in [0.15, 0.2) is 72.2 Å². The molecule has 2 amide bonds. The number of nitrogens with one attached hydrogen (secondary N) is 3. The average molecular weight is 1240 g/mol. The summed E-state index contributed by atoms with van der Waals surface area (Å²) in [7, 11) is -4.02. The van der Waals surface area contributed by atoms with Crippen LogP contribution < -0.4 is 10.6 Å². The molecule has 22 nitrogen and oxygen atoms in total. The Balaban J connectivity index is 0.000000216. The fraction of sp³-hybridized carbons (Fsp3) is 0.464. The standard InChI is InChI=1S/C33H44F2N7O6PS.C23H23F2N7O2S/c1-9-45-23-12-10-22(11-13-23)42-18-25(29(40-42)28-24(34)14-15-27(35)39-28)37-30(43)26-19-50-31(38-26)21-16-36-41(17-21)20(2)46-49(44,47-32(3,4)5)48-33(6,7)8;1-2-34-15-5-3-14(4-6-15)32-11-17(21(31-32)20-16(24)7-8-19(25)30-20)28-22(33)18-12-35-23(29-18)13-9-26-27-10-13/h14-20,22-23H,9-13H2,1-8H3,(H,37,43);7-12,14-15H,2-6H2,1H3,(H,26,27)(H,28,33). The van der Waals surface area contributed by atoms with Crippen molar-refractivity contribution in [3.8, 4) is 43.9 Å². The molecule has 85 heavy (non-hydrogen) atoms. The van der Waals surface area contributed by atoms with Gasteiger partial charge in [0.05, 0.1) is 59.3 Å². The van der Waals surface area contributed by atoms with Crippen LogP contribution >= 0.6 is 30.5 Å².